The number of phenols is 1. The van der Waals surface area contributed by atoms with E-state index in [1.54, 1.807) is 18.2 Å². The highest BCUT2D eigenvalue weighted by Crippen LogP contribution is 2.40. The third-order valence-corrected chi connectivity index (χ3v) is 6.06. The number of nitrogens with one attached hydrogen (secondary N) is 1. The van der Waals surface area contributed by atoms with Gasteiger partial charge in [-0.3, -0.25) is 9.59 Å². The Labute approximate surface area is 199 Å². The molecule has 2 aromatic rings. The van der Waals surface area contributed by atoms with Gasteiger partial charge >= 0.3 is 5.97 Å². The molecular weight excluding hydrogens is 408 g/mol. The van der Waals surface area contributed by atoms with Crippen molar-refractivity contribution in [1.82, 2.24) is 10.2 Å². The summed E-state index contributed by atoms with van der Waals surface area (Å²) in [5.41, 5.74) is 0.00543. The Hall–Kier alpha value is -2.90. The van der Waals surface area contributed by atoms with Crippen LogP contribution in [0.1, 0.15) is 41.0 Å². The molecule has 1 amide bonds. The van der Waals surface area contributed by atoms with Crippen molar-refractivity contribution in [2.45, 2.75) is 32.1 Å². The van der Waals surface area contributed by atoms with E-state index >= 15 is 0 Å². The van der Waals surface area contributed by atoms with Gasteiger partial charge in [0.2, 0.25) is 5.91 Å². The number of hydrogen-bond donors (Lipinski definition) is 3. The second kappa shape index (κ2) is 11.1. The fourth-order valence-corrected chi connectivity index (χ4v) is 4.01. The molecule has 174 valence electrons. The largest absolute Gasteiger partial charge is 0.508 e. The van der Waals surface area contributed by atoms with E-state index in [0.717, 1.165) is 5.56 Å². The molecule has 3 atom stereocenters. The van der Waals surface area contributed by atoms with Crippen molar-refractivity contribution in [2.75, 3.05) is 26.2 Å². The van der Waals surface area contributed by atoms with Crippen LogP contribution in [0, 0.1) is 11.8 Å². The summed E-state index contributed by atoms with van der Waals surface area (Å²) < 4.78 is 57.8. The summed E-state index contributed by atoms with van der Waals surface area (Å²) in [5, 5.41) is 21.2. The van der Waals surface area contributed by atoms with Gasteiger partial charge in [-0.25, -0.2) is 0 Å². The molecule has 1 fully saturated rings. The number of amides is 1. The number of rotatable bonds is 8. The first-order valence-electron chi connectivity index (χ1n) is 13.7. The normalized spacial score (nSPS) is 25.4. The second-order valence-corrected chi connectivity index (χ2v) is 8.19. The zero-order valence-corrected chi connectivity index (χ0v) is 18.2. The molecule has 0 radical (unpaired) electrons. The minimum absolute atomic E-state index is 0. The molecule has 1 saturated heterocycles. The minimum atomic E-state index is -2.72. The lowest BCUT2D eigenvalue weighted by Gasteiger charge is -2.45. The highest BCUT2D eigenvalue weighted by molar-refractivity contribution is 5.83. The molecule has 3 rings (SSSR count). The first-order chi connectivity index (χ1) is 17.6. The van der Waals surface area contributed by atoms with E-state index < -0.39 is 66.5 Å². The Balaban J connectivity index is 0.00000533. The highest BCUT2D eigenvalue weighted by atomic mass is 16.4. The summed E-state index contributed by atoms with van der Waals surface area (Å²) in [6.45, 7) is 4.08. The molecule has 0 unspecified atom stereocenters. The number of carboxylic acid groups (broad SMARTS) is 1. The number of hydrogen-bond acceptors (Lipinski definition) is 4. The van der Waals surface area contributed by atoms with Gasteiger partial charge in [-0.2, -0.15) is 0 Å². The van der Waals surface area contributed by atoms with Gasteiger partial charge in [-0.05, 0) is 53.9 Å². The van der Waals surface area contributed by atoms with Crippen LogP contribution in [-0.2, 0) is 21.4 Å². The lowest BCUT2D eigenvalue weighted by molar-refractivity contribution is -0.138. The van der Waals surface area contributed by atoms with Gasteiger partial charge < -0.3 is 25.9 Å². The number of carbonyl (C=O) groups is 2. The zero-order valence-electron chi connectivity index (χ0n) is 25.2. The molecule has 1 aliphatic heterocycles. The van der Waals surface area contributed by atoms with Crippen molar-refractivity contribution in [1.29, 1.82) is 0 Å². The summed E-state index contributed by atoms with van der Waals surface area (Å²) in [6.07, 6.45) is -2.09. The molecule has 1 heterocycles. The molecule has 0 aromatic heterocycles. The fraction of sp³-hybridized carbons (Fsp3) is 0.440. The van der Waals surface area contributed by atoms with Gasteiger partial charge in [-0.15, -0.1) is 0 Å². The van der Waals surface area contributed by atoms with Gasteiger partial charge in [0.25, 0.3) is 0 Å². The lowest BCUT2D eigenvalue weighted by Crippen LogP contribution is -2.50. The standard InChI is InChI=1S/C25H32N2O4.H2O/c1-18-16-27(12-11-25(18,2)21-9-6-10-22(28)14-21)17-20(24(31)26-15-23(29)30)13-19-7-4-3-5-8-19;/h3-10,14,18,20,28H,11-13,15-17H2,1-2H3,(H,26,31)(H,29,30);1H2/t18-,20-,25+;/m0./s1/i3D,4D,5D,7D,8D,13D2;. The van der Waals surface area contributed by atoms with Crippen LogP contribution in [0.15, 0.2) is 54.5 Å². The van der Waals surface area contributed by atoms with E-state index in [1.807, 2.05) is 17.9 Å². The van der Waals surface area contributed by atoms with Gasteiger partial charge in [0.05, 0.1) is 12.8 Å². The van der Waals surface area contributed by atoms with Crippen LogP contribution in [-0.4, -0.2) is 58.6 Å². The molecule has 7 heteroatoms. The van der Waals surface area contributed by atoms with Crippen LogP contribution in [0.2, 0.25) is 0 Å². The van der Waals surface area contributed by atoms with E-state index in [4.69, 9.17) is 14.7 Å². The number of nitrogens with zero attached hydrogens (tertiary/aromatic N) is 1. The fourth-order valence-electron chi connectivity index (χ4n) is 4.01. The third kappa shape index (κ3) is 6.31. The van der Waals surface area contributed by atoms with Crippen LogP contribution >= 0.6 is 0 Å². The smallest absolute Gasteiger partial charge is 0.322 e. The average Bonchev–Trinajstić information content (AvgIpc) is 2.85. The number of carbonyl (C=O) groups excluding carboxylic acids is 1. The number of aliphatic carboxylic acids is 1. The van der Waals surface area contributed by atoms with Gasteiger partial charge in [0.15, 0.2) is 0 Å². The van der Waals surface area contributed by atoms with Gasteiger partial charge in [0, 0.05) is 15.8 Å². The minimum Gasteiger partial charge on any atom is -0.508 e. The van der Waals surface area contributed by atoms with E-state index in [-0.39, 0.29) is 29.1 Å². The first kappa shape index (κ1) is 16.7. The molecule has 0 aliphatic carbocycles. The lowest BCUT2D eigenvalue weighted by atomic mass is 9.68. The molecule has 0 bridgehead atoms. The van der Waals surface area contributed by atoms with Crippen molar-refractivity contribution in [2.24, 2.45) is 11.8 Å². The predicted octanol–water partition coefficient (Wildman–Crippen LogP) is 2.23. The Bertz CT molecular complexity index is 1220. The predicted molar refractivity (Wildman–Crippen MR) is 124 cm³/mol. The maximum absolute atomic E-state index is 13.1. The molecule has 5 N–H and O–H groups in total. The van der Waals surface area contributed by atoms with Gasteiger partial charge in [0.1, 0.15) is 12.3 Å². The Morgan fingerprint density at radius 3 is 2.69 bits per heavy atom. The van der Waals surface area contributed by atoms with Crippen LogP contribution < -0.4 is 5.32 Å². The summed E-state index contributed by atoms with van der Waals surface area (Å²) in [4.78, 5) is 26.1. The number of aromatic hydroxyl groups is 1. The van der Waals surface area contributed by atoms with Crippen molar-refractivity contribution >= 4 is 11.9 Å². The van der Waals surface area contributed by atoms with E-state index in [0.29, 0.717) is 19.5 Å². The number of phenolic OH excluding ortho intramolecular Hbond substituents is 1. The van der Waals surface area contributed by atoms with E-state index in [9.17, 15) is 14.7 Å². The van der Waals surface area contributed by atoms with Gasteiger partial charge in [-0.1, -0.05) is 56.2 Å². The maximum atomic E-state index is 13.1. The van der Waals surface area contributed by atoms with E-state index in [2.05, 4.69) is 12.2 Å². The molecule has 32 heavy (non-hydrogen) atoms. The molecular formula is C25H34N2O5. The third-order valence-electron chi connectivity index (χ3n) is 6.06. The van der Waals surface area contributed by atoms with Crippen LogP contribution in [0.3, 0.4) is 0 Å². The van der Waals surface area contributed by atoms with Crippen molar-refractivity contribution in [3.05, 3.63) is 65.6 Å². The van der Waals surface area contributed by atoms with Crippen LogP contribution in [0.25, 0.3) is 0 Å². The molecule has 7 nitrogen and oxygen atoms in total. The van der Waals surface area contributed by atoms with Crippen molar-refractivity contribution in [3.63, 3.8) is 0 Å². The quantitative estimate of drug-likeness (QED) is 0.571. The number of likely N-dealkylation sites (tertiary alicyclic amines) is 1. The maximum Gasteiger partial charge on any atom is 0.322 e. The highest BCUT2D eigenvalue weighted by Gasteiger charge is 2.39. The SMILES string of the molecule is O.[2H]c1c([2H])c([2H])c(C([2H])([2H])[C@@H](CN2CC[C@@](C)(c3cccc(O)c3)[C@@H](C)C2)C(=O)NCC(=O)O)c([2H])c1[2H]. The Morgan fingerprint density at radius 1 is 1.34 bits per heavy atom. The number of benzene rings is 2. The molecule has 0 saturated carbocycles. The molecule has 0 spiro atoms. The number of carboxylic acids is 1. The molecule has 2 aromatic carbocycles. The monoisotopic (exact) mass is 449 g/mol. The van der Waals surface area contributed by atoms with Crippen molar-refractivity contribution in [3.8, 4) is 5.75 Å². The van der Waals surface area contributed by atoms with Crippen LogP contribution in [0.4, 0.5) is 0 Å². The van der Waals surface area contributed by atoms with E-state index in [1.165, 1.54) is 0 Å². The summed E-state index contributed by atoms with van der Waals surface area (Å²) >= 11 is 0. The van der Waals surface area contributed by atoms with Crippen molar-refractivity contribution < 1.29 is 34.9 Å². The summed E-state index contributed by atoms with van der Waals surface area (Å²) in [5.74, 6) is -3.65. The topological polar surface area (TPSA) is 121 Å². The second-order valence-electron chi connectivity index (χ2n) is 8.19. The first-order valence-corrected chi connectivity index (χ1v) is 10.2. The Kier molecular flexibility index (Phi) is 5.80. The number of piperidine rings is 1. The zero-order chi connectivity index (χ0) is 28.6. The van der Waals surface area contributed by atoms with Crippen LogP contribution in [0.5, 0.6) is 5.75 Å². The Morgan fingerprint density at radius 2 is 2.06 bits per heavy atom. The average molecular weight is 450 g/mol. The summed E-state index contributed by atoms with van der Waals surface area (Å²) in [7, 11) is 0. The molecule has 1 aliphatic rings. The summed E-state index contributed by atoms with van der Waals surface area (Å²) in [6, 6.07) is 3.39.